The SMILES string of the molecule is CCCC(N)C(=O)NCc1cc(OC)nc2ccccc12.Cl. The summed E-state index contributed by atoms with van der Waals surface area (Å²) in [5.74, 6) is 0.410. The van der Waals surface area contributed by atoms with Crippen molar-refractivity contribution in [3.05, 3.63) is 35.9 Å². The molecule has 1 heterocycles. The van der Waals surface area contributed by atoms with Crippen LogP contribution in [-0.4, -0.2) is 24.0 Å². The third-order valence-corrected chi connectivity index (χ3v) is 3.38. The molecule has 0 saturated carbocycles. The summed E-state index contributed by atoms with van der Waals surface area (Å²) >= 11 is 0. The summed E-state index contributed by atoms with van der Waals surface area (Å²) in [6, 6.07) is 9.17. The van der Waals surface area contributed by atoms with Crippen molar-refractivity contribution in [2.24, 2.45) is 5.73 Å². The Morgan fingerprint density at radius 2 is 2.14 bits per heavy atom. The number of rotatable bonds is 6. The number of aromatic nitrogens is 1. The molecule has 0 aliphatic rings. The first kappa shape index (κ1) is 18.2. The summed E-state index contributed by atoms with van der Waals surface area (Å²) in [4.78, 5) is 16.3. The molecule has 0 radical (unpaired) electrons. The quantitative estimate of drug-likeness (QED) is 0.855. The van der Waals surface area contributed by atoms with Gasteiger partial charge in [-0.2, -0.15) is 0 Å². The molecule has 22 heavy (non-hydrogen) atoms. The van der Waals surface area contributed by atoms with Gasteiger partial charge in [-0.25, -0.2) is 4.98 Å². The highest BCUT2D eigenvalue weighted by molar-refractivity contribution is 5.85. The van der Waals surface area contributed by atoms with Gasteiger partial charge in [-0.3, -0.25) is 4.79 Å². The fourth-order valence-electron chi connectivity index (χ4n) is 2.23. The standard InChI is InChI=1S/C16H21N3O2.ClH/c1-3-6-13(17)16(20)18-10-11-9-15(21-2)19-14-8-5-4-7-12(11)14;/h4-5,7-9,13H,3,6,10,17H2,1-2H3,(H,18,20);1H. The van der Waals surface area contributed by atoms with E-state index in [4.69, 9.17) is 10.5 Å². The Labute approximate surface area is 136 Å². The molecule has 1 amide bonds. The van der Waals surface area contributed by atoms with Crippen LogP contribution in [0.2, 0.25) is 0 Å². The van der Waals surface area contributed by atoms with Crippen LogP contribution in [0.1, 0.15) is 25.3 Å². The van der Waals surface area contributed by atoms with E-state index in [0.29, 0.717) is 18.8 Å². The lowest BCUT2D eigenvalue weighted by atomic mass is 10.1. The fourth-order valence-corrected chi connectivity index (χ4v) is 2.23. The van der Waals surface area contributed by atoms with Crippen LogP contribution in [0.25, 0.3) is 10.9 Å². The minimum absolute atomic E-state index is 0. The lowest BCUT2D eigenvalue weighted by molar-refractivity contribution is -0.122. The number of carbonyl (C=O) groups is 1. The average molecular weight is 324 g/mol. The van der Waals surface area contributed by atoms with E-state index < -0.39 is 6.04 Å². The number of methoxy groups -OCH3 is 1. The van der Waals surface area contributed by atoms with Crippen LogP contribution in [-0.2, 0) is 11.3 Å². The molecule has 6 heteroatoms. The average Bonchev–Trinajstić information content (AvgIpc) is 2.52. The number of ether oxygens (including phenoxy) is 1. The number of nitrogens with one attached hydrogen (secondary N) is 1. The summed E-state index contributed by atoms with van der Waals surface area (Å²) in [5.41, 5.74) is 7.62. The monoisotopic (exact) mass is 323 g/mol. The van der Waals surface area contributed by atoms with Crippen molar-refractivity contribution in [1.29, 1.82) is 0 Å². The first-order valence-corrected chi connectivity index (χ1v) is 7.11. The van der Waals surface area contributed by atoms with Gasteiger partial charge in [-0.05, 0) is 18.1 Å². The molecule has 0 saturated heterocycles. The number of fused-ring (bicyclic) bond motifs is 1. The molecule has 0 bridgehead atoms. The second-order valence-corrected chi connectivity index (χ2v) is 4.95. The number of hydrogen-bond acceptors (Lipinski definition) is 4. The van der Waals surface area contributed by atoms with Gasteiger partial charge in [0.1, 0.15) is 0 Å². The van der Waals surface area contributed by atoms with Gasteiger partial charge in [0.05, 0.1) is 18.7 Å². The predicted molar refractivity (Wildman–Crippen MR) is 90.3 cm³/mol. The highest BCUT2D eigenvalue weighted by Crippen LogP contribution is 2.21. The molecule has 1 aromatic carbocycles. The number of carbonyl (C=O) groups excluding carboxylic acids is 1. The molecule has 0 fully saturated rings. The Kier molecular flexibility index (Phi) is 7.08. The number of amides is 1. The second kappa shape index (κ2) is 8.56. The van der Waals surface area contributed by atoms with Crippen molar-refractivity contribution in [3.8, 4) is 5.88 Å². The summed E-state index contributed by atoms with van der Waals surface area (Å²) in [6.07, 6.45) is 1.58. The van der Waals surface area contributed by atoms with Gasteiger partial charge in [-0.1, -0.05) is 31.5 Å². The van der Waals surface area contributed by atoms with Crippen molar-refractivity contribution in [2.75, 3.05) is 7.11 Å². The van der Waals surface area contributed by atoms with Crippen molar-refractivity contribution in [2.45, 2.75) is 32.4 Å². The number of pyridine rings is 1. The van der Waals surface area contributed by atoms with Gasteiger partial charge in [0.25, 0.3) is 0 Å². The van der Waals surface area contributed by atoms with Crippen molar-refractivity contribution in [1.82, 2.24) is 10.3 Å². The minimum Gasteiger partial charge on any atom is -0.481 e. The minimum atomic E-state index is -0.454. The van der Waals surface area contributed by atoms with Gasteiger partial charge < -0.3 is 15.8 Å². The third kappa shape index (κ3) is 4.32. The fraction of sp³-hybridized carbons (Fsp3) is 0.375. The molecular weight excluding hydrogens is 302 g/mol. The van der Waals surface area contributed by atoms with Crippen LogP contribution < -0.4 is 15.8 Å². The van der Waals surface area contributed by atoms with Crippen molar-refractivity contribution >= 4 is 29.2 Å². The lowest BCUT2D eigenvalue weighted by Crippen LogP contribution is -2.40. The molecule has 0 aliphatic heterocycles. The second-order valence-electron chi connectivity index (χ2n) is 4.95. The van der Waals surface area contributed by atoms with Crippen LogP contribution in [0.3, 0.4) is 0 Å². The zero-order valence-corrected chi connectivity index (χ0v) is 13.7. The molecule has 5 nitrogen and oxygen atoms in total. The summed E-state index contributed by atoms with van der Waals surface area (Å²) in [6.45, 7) is 2.42. The van der Waals surface area contributed by atoms with Crippen LogP contribution in [0, 0.1) is 0 Å². The summed E-state index contributed by atoms with van der Waals surface area (Å²) < 4.78 is 5.21. The van der Waals surface area contributed by atoms with E-state index in [-0.39, 0.29) is 18.3 Å². The molecule has 3 N–H and O–H groups in total. The zero-order chi connectivity index (χ0) is 15.2. The van der Waals surface area contributed by atoms with E-state index in [0.717, 1.165) is 22.9 Å². The number of halogens is 1. The zero-order valence-electron chi connectivity index (χ0n) is 12.8. The highest BCUT2D eigenvalue weighted by atomic mass is 35.5. The van der Waals surface area contributed by atoms with Gasteiger partial charge in [0.15, 0.2) is 0 Å². The summed E-state index contributed by atoms with van der Waals surface area (Å²) in [5, 5.41) is 3.88. The maximum Gasteiger partial charge on any atom is 0.237 e. The van der Waals surface area contributed by atoms with Crippen molar-refractivity contribution < 1.29 is 9.53 Å². The molecule has 120 valence electrons. The Morgan fingerprint density at radius 1 is 1.41 bits per heavy atom. The number of para-hydroxylation sites is 1. The third-order valence-electron chi connectivity index (χ3n) is 3.38. The molecular formula is C16H22ClN3O2. The first-order valence-electron chi connectivity index (χ1n) is 7.11. The van der Waals surface area contributed by atoms with E-state index in [1.54, 1.807) is 7.11 Å². The topological polar surface area (TPSA) is 77.2 Å². The van der Waals surface area contributed by atoms with E-state index in [1.807, 2.05) is 37.3 Å². The maximum atomic E-state index is 11.9. The Bertz CT molecular complexity index is 634. The van der Waals surface area contributed by atoms with Crippen LogP contribution in [0.5, 0.6) is 5.88 Å². The number of nitrogens with zero attached hydrogens (tertiary/aromatic N) is 1. The Balaban J connectivity index is 0.00000242. The number of hydrogen-bond donors (Lipinski definition) is 2. The van der Waals surface area contributed by atoms with Gasteiger partial charge in [0, 0.05) is 18.0 Å². The van der Waals surface area contributed by atoms with Gasteiger partial charge >= 0.3 is 0 Å². The van der Waals surface area contributed by atoms with Crippen LogP contribution in [0.15, 0.2) is 30.3 Å². The molecule has 1 unspecified atom stereocenters. The smallest absolute Gasteiger partial charge is 0.237 e. The largest absolute Gasteiger partial charge is 0.481 e. The van der Waals surface area contributed by atoms with Gasteiger partial charge in [0.2, 0.25) is 11.8 Å². The Morgan fingerprint density at radius 3 is 2.82 bits per heavy atom. The highest BCUT2D eigenvalue weighted by Gasteiger charge is 2.13. The molecule has 2 rings (SSSR count). The van der Waals surface area contributed by atoms with E-state index in [9.17, 15) is 4.79 Å². The predicted octanol–water partition coefficient (Wildman–Crippen LogP) is 2.41. The van der Waals surface area contributed by atoms with Crippen LogP contribution in [0.4, 0.5) is 0 Å². The number of benzene rings is 1. The van der Waals surface area contributed by atoms with Crippen LogP contribution >= 0.6 is 12.4 Å². The van der Waals surface area contributed by atoms with Gasteiger partial charge in [-0.15, -0.1) is 12.4 Å². The van der Waals surface area contributed by atoms with E-state index in [2.05, 4.69) is 10.3 Å². The molecule has 0 aliphatic carbocycles. The lowest BCUT2D eigenvalue weighted by Gasteiger charge is -2.13. The molecule has 1 atom stereocenters. The van der Waals surface area contributed by atoms with Crippen molar-refractivity contribution in [3.63, 3.8) is 0 Å². The molecule has 0 spiro atoms. The van der Waals surface area contributed by atoms with E-state index >= 15 is 0 Å². The van der Waals surface area contributed by atoms with E-state index in [1.165, 1.54) is 0 Å². The Hall–Kier alpha value is -1.85. The number of nitrogens with two attached hydrogens (primary N) is 1. The maximum absolute atomic E-state index is 11.9. The summed E-state index contributed by atoms with van der Waals surface area (Å²) in [7, 11) is 1.58. The normalized spacial score (nSPS) is 11.6. The first-order chi connectivity index (χ1) is 10.2. The molecule has 1 aromatic heterocycles. The molecule has 2 aromatic rings.